The first kappa shape index (κ1) is 9.05. The Morgan fingerprint density at radius 3 is 2.71 bits per heavy atom. The van der Waals surface area contributed by atoms with Gasteiger partial charge in [0.05, 0.1) is 12.2 Å². The molecule has 0 aromatic carbocycles. The van der Waals surface area contributed by atoms with Crippen LogP contribution >= 0.6 is 0 Å². The van der Waals surface area contributed by atoms with Gasteiger partial charge in [-0.05, 0) is 12.8 Å². The highest BCUT2D eigenvalue weighted by Crippen LogP contribution is 2.31. The smallest absolute Gasteiger partial charge is 0.341 e. The number of aromatic nitrogens is 2. The summed E-state index contributed by atoms with van der Waals surface area (Å²) in [4.78, 5) is 10.7. The maximum atomic E-state index is 10.7. The Balaban J connectivity index is 2.30. The molecule has 76 valence electrons. The molecule has 5 nitrogen and oxygen atoms in total. The lowest BCUT2D eigenvalue weighted by atomic mass is 10.2. The first-order valence-corrected chi connectivity index (χ1v) is 4.76. The van der Waals surface area contributed by atoms with Crippen molar-refractivity contribution >= 4 is 11.8 Å². The highest BCUT2D eigenvalue weighted by Gasteiger charge is 2.22. The molecule has 0 bridgehead atoms. The molecule has 1 aromatic heterocycles. The maximum absolute atomic E-state index is 10.7. The lowest BCUT2D eigenvalue weighted by Gasteiger charge is -2.11. The molecule has 1 saturated carbocycles. The van der Waals surface area contributed by atoms with Crippen LogP contribution in [0.3, 0.4) is 0 Å². The summed E-state index contributed by atoms with van der Waals surface area (Å²) in [5.41, 5.74) is 5.81. The number of nitrogens with zero attached hydrogens (tertiary/aromatic N) is 2. The molecule has 2 rings (SSSR count). The van der Waals surface area contributed by atoms with Crippen LogP contribution < -0.4 is 5.73 Å². The number of carboxylic acids is 1. The normalized spacial score (nSPS) is 17.4. The Morgan fingerprint density at radius 2 is 2.21 bits per heavy atom. The third-order valence-electron chi connectivity index (χ3n) is 2.73. The topological polar surface area (TPSA) is 81.1 Å². The van der Waals surface area contributed by atoms with Crippen LogP contribution in [0.15, 0.2) is 6.20 Å². The van der Waals surface area contributed by atoms with E-state index in [4.69, 9.17) is 10.8 Å². The van der Waals surface area contributed by atoms with Gasteiger partial charge in [-0.2, -0.15) is 5.10 Å². The van der Waals surface area contributed by atoms with Crippen molar-refractivity contribution in [1.29, 1.82) is 0 Å². The molecule has 0 unspecified atom stereocenters. The largest absolute Gasteiger partial charge is 0.477 e. The molecule has 1 aromatic rings. The maximum Gasteiger partial charge on any atom is 0.341 e. The Bertz CT molecular complexity index is 353. The van der Waals surface area contributed by atoms with Gasteiger partial charge < -0.3 is 10.8 Å². The molecule has 0 aliphatic heterocycles. The average Bonchev–Trinajstić information content (AvgIpc) is 2.71. The third-order valence-corrected chi connectivity index (χ3v) is 2.73. The highest BCUT2D eigenvalue weighted by molar-refractivity contribution is 5.92. The zero-order valence-electron chi connectivity index (χ0n) is 7.81. The summed E-state index contributed by atoms with van der Waals surface area (Å²) >= 11 is 0. The standard InChI is InChI=1S/C9H13N3O2/c10-8-7(9(13)14)5-11-12(8)6-3-1-2-4-6/h5-6H,1-4,10H2,(H,13,14). The Kier molecular flexibility index (Phi) is 2.15. The summed E-state index contributed by atoms with van der Waals surface area (Å²) in [6.07, 6.45) is 5.77. The molecular weight excluding hydrogens is 182 g/mol. The van der Waals surface area contributed by atoms with E-state index in [1.165, 1.54) is 19.0 Å². The van der Waals surface area contributed by atoms with Gasteiger partial charge in [0.1, 0.15) is 11.4 Å². The van der Waals surface area contributed by atoms with Gasteiger partial charge in [-0.15, -0.1) is 0 Å². The summed E-state index contributed by atoms with van der Waals surface area (Å²) in [6, 6.07) is 0.295. The summed E-state index contributed by atoms with van der Waals surface area (Å²) in [5, 5.41) is 12.8. The second-order valence-corrected chi connectivity index (χ2v) is 3.63. The van der Waals surface area contributed by atoms with Crippen molar-refractivity contribution in [3.63, 3.8) is 0 Å². The van der Waals surface area contributed by atoms with Gasteiger partial charge in [0.25, 0.3) is 0 Å². The van der Waals surface area contributed by atoms with Gasteiger partial charge in [0.15, 0.2) is 0 Å². The fourth-order valence-corrected chi connectivity index (χ4v) is 1.98. The van der Waals surface area contributed by atoms with E-state index in [0.29, 0.717) is 6.04 Å². The molecule has 1 aliphatic carbocycles. The van der Waals surface area contributed by atoms with Crippen molar-refractivity contribution in [2.75, 3.05) is 5.73 Å². The van der Waals surface area contributed by atoms with E-state index < -0.39 is 5.97 Å². The van der Waals surface area contributed by atoms with Crippen LogP contribution in [0.4, 0.5) is 5.82 Å². The minimum absolute atomic E-state index is 0.108. The van der Waals surface area contributed by atoms with Crippen LogP contribution in [0.25, 0.3) is 0 Å². The van der Waals surface area contributed by atoms with E-state index in [9.17, 15) is 4.79 Å². The molecule has 0 spiro atoms. The van der Waals surface area contributed by atoms with E-state index >= 15 is 0 Å². The number of nitrogens with two attached hydrogens (primary N) is 1. The summed E-state index contributed by atoms with van der Waals surface area (Å²) < 4.78 is 1.65. The van der Waals surface area contributed by atoms with Crippen molar-refractivity contribution in [3.8, 4) is 0 Å². The van der Waals surface area contributed by atoms with Gasteiger partial charge in [0, 0.05) is 0 Å². The van der Waals surface area contributed by atoms with E-state index in [1.807, 2.05) is 0 Å². The predicted octanol–water partition coefficient (Wildman–Crippen LogP) is 1.28. The second kappa shape index (κ2) is 3.32. The Labute approximate surface area is 81.5 Å². The molecule has 3 N–H and O–H groups in total. The molecule has 14 heavy (non-hydrogen) atoms. The lowest BCUT2D eigenvalue weighted by Crippen LogP contribution is -2.11. The molecule has 0 radical (unpaired) electrons. The van der Waals surface area contributed by atoms with Gasteiger partial charge in [0.2, 0.25) is 0 Å². The Hall–Kier alpha value is -1.52. The van der Waals surface area contributed by atoms with Crippen LogP contribution in [0.2, 0.25) is 0 Å². The fourth-order valence-electron chi connectivity index (χ4n) is 1.98. The quantitative estimate of drug-likeness (QED) is 0.744. The summed E-state index contributed by atoms with van der Waals surface area (Å²) in [6.45, 7) is 0. The second-order valence-electron chi connectivity index (χ2n) is 3.63. The van der Waals surface area contributed by atoms with Gasteiger partial charge in [-0.3, -0.25) is 0 Å². The van der Waals surface area contributed by atoms with Gasteiger partial charge in [-0.1, -0.05) is 12.8 Å². The van der Waals surface area contributed by atoms with Crippen LogP contribution in [-0.2, 0) is 0 Å². The molecule has 1 aliphatic rings. The first-order valence-electron chi connectivity index (χ1n) is 4.76. The number of hydrogen-bond acceptors (Lipinski definition) is 3. The summed E-state index contributed by atoms with van der Waals surface area (Å²) in [5.74, 6) is -0.726. The van der Waals surface area contributed by atoms with E-state index in [-0.39, 0.29) is 11.4 Å². The molecule has 0 atom stereocenters. The van der Waals surface area contributed by atoms with Gasteiger partial charge in [-0.25, -0.2) is 9.48 Å². The monoisotopic (exact) mass is 195 g/mol. The minimum atomic E-state index is -1.01. The molecule has 0 amide bonds. The minimum Gasteiger partial charge on any atom is -0.477 e. The van der Waals surface area contributed by atoms with E-state index in [1.54, 1.807) is 4.68 Å². The lowest BCUT2D eigenvalue weighted by molar-refractivity contribution is 0.0698. The molecule has 5 heteroatoms. The SMILES string of the molecule is Nc1c(C(=O)O)cnn1C1CCCC1. The van der Waals surface area contributed by atoms with Crippen LogP contribution in [0.5, 0.6) is 0 Å². The van der Waals surface area contributed by atoms with Crippen LogP contribution in [0.1, 0.15) is 42.1 Å². The zero-order valence-corrected chi connectivity index (χ0v) is 7.81. The third kappa shape index (κ3) is 1.34. The number of carbonyl (C=O) groups is 1. The predicted molar refractivity (Wildman–Crippen MR) is 51.1 cm³/mol. The zero-order chi connectivity index (χ0) is 10.1. The number of carboxylic acid groups (broad SMARTS) is 1. The number of hydrogen-bond donors (Lipinski definition) is 2. The number of anilines is 1. The number of nitrogen functional groups attached to an aromatic ring is 1. The molecule has 0 saturated heterocycles. The average molecular weight is 195 g/mol. The van der Waals surface area contributed by atoms with Crippen molar-refractivity contribution in [1.82, 2.24) is 9.78 Å². The van der Waals surface area contributed by atoms with Crippen LogP contribution in [-0.4, -0.2) is 20.9 Å². The summed E-state index contributed by atoms with van der Waals surface area (Å²) in [7, 11) is 0. The van der Waals surface area contributed by atoms with Crippen molar-refractivity contribution in [2.45, 2.75) is 31.7 Å². The van der Waals surface area contributed by atoms with E-state index in [0.717, 1.165) is 12.8 Å². The Morgan fingerprint density at radius 1 is 1.57 bits per heavy atom. The van der Waals surface area contributed by atoms with Crippen molar-refractivity contribution in [2.24, 2.45) is 0 Å². The van der Waals surface area contributed by atoms with Crippen molar-refractivity contribution < 1.29 is 9.90 Å². The first-order chi connectivity index (χ1) is 6.70. The van der Waals surface area contributed by atoms with Crippen molar-refractivity contribution in [3.05, 3.63) is 11.8 Å². The van der Waals surface area contributed by atoms with Gasteiger partial charge >= 0.3 is 5.97 Å². The highest BCUT2D eigenvalue weighted by atomic mass is 16.4. The number of rotatable bonds is 2. The fraction of sp³-hybridized carbons (Fsp3) is 0.556. The molecule has 1 fully saturated rings. The molecular formula is C9H13N3O2. The van der Waals surface area contributed by atoms with Crippen LogP contribution in [0, 0.1) is 0 Å². The number of aromatic carboxylic acids is 1. The molecule has 1 heterocycles. The van der Waals surface area contributed by atoms with E-state index in [2.05, 4.69) is 5.10 Å².